The lowest BCUT2D eigenvalue weighted by Gasteiger charge is -2.26. The molecule has 2 heterocycles. The van der Waals surface area contributed by atoms with E-state index in [1.165, 1.54) is 11.1 Å². The summed E-state index contributed by atoms with van der Waals surface area (Å²) in [6, 6.07) is 8.22. The molecule has 4 nitrogen and oxygen atoms in total. The Morgan fingerprint density at radius 3 is 3.00 bits per heavy atom. The topological polar surface area (TPSA) is 50.4 Å². The monoisotopic (exact) mass is 267 g/mol. The second kappa shape index (κ2) is 4.03. The van der Waals surface area contributed by atoms with Crippen molar-refractivity contribution in [2.45, 2.75) is 25.0 Å². The molecule has 0 amide bonds. The Kier molecular flexibility index (Phi) is 2.39. The summed E-state index contributed by atoms with van der Waals surface area (Å²) in [6.45, 7) is 0. The molecule has 1 saturated carbocycles. The van der Waals surface area contributed by atoms with Gasteiger partial charge < -0.3 is 14.7 Å². The van der Waals surface area contributed by atoms with Crippen LogP contribution in [0.3, 0.4) is 0 Å². The number of hydrogen-bond donors (Lipinski definition) is 1. The number of aliphatic hydroxyl groups is 1. The van der Waals surface area contributed by atoms with Gasteiger partial charge in [-0.2, -0.15) is 0 Å². The third-order valence-corrected chi connectivity index (χ3v) is 4.62. The minimum Gasteiger partial charge on any atom is -0.390 e. The Morgan fingerprint density at radius 2 is 2.25 bits per heavy atom. The number of benzene rings is 1. The predicted octanol–water partition coefficient (Wildman–Crippen LogP) is 2.29. The summed E-state index contributed by atoms with van der Waals surface area (Å²) in [6.07, 6.45) is 7.18. The molecule has 2 atom stereocenters. The Hall–Kier alpha value is -1.94. The van der Waals surface area contributed by atoms with Gasteiger partial charge in [0.15, 0.2) is 0 Å². The van der Waals surface area contributed by atoms with Gasteiger partial charge in [0.25, 0.3) is 0 Å². The zero-order chi connectivity index (χ0) is 13.7. The van der Waals surface area contributed by atoms with Gasteiger partial charge in [0.2, 0.25) is 0 Å². The van der Waals surface area contributed by atoms with E-state index < -0.39 is 6.10 Å². The van der Waals surface area contributed by atoms with Crippen molar-refractivity contribution in [3.8, 4) is 11.3 Å². The highest BCUT2D eigenvalue weighted by Gasteiger charge is 2.52. The van der Waals surface area contributed by atoms with Crippen molar-refractivity contribution in [1.82, 2.24) is 9.55 Å². The van der Waals surface area contributed by atoms with Crippen LogP contribution >= 0.6 is 0 Å². The summed E-state index contributed by atoms with van der Waals surface area (Å²) >= 11 is 0. The molecule has 1 N–H and O–H groups in total. The van der Waals surface area contributed by atoms with Crippen molar-refractivity contribution in [3.05, 3.63) is 42.4 Å². The third-order valence-electron chi connectivity index (χ3n) is 4.62. The standard InChI is InChI=1S/C16H17N3O/c1-17-9-16(6-7-16)15(20)14-12-5-3-2-4-11(12)13-8-18-10-19(13)14/h2-5,8-10,14-15,20H,6-7H2,1H3. The molecule has 4 heteroatoms. The fourth-order valence-corrected chi connectivity index (χ4v) is 3.41. The number of aliphatic imine (C=N–C) groups is 1. The highest BCUT2D eigenvalue weighted by Crippen LogP contribution is 2.54. The van der Waals surface area contributed by atoms with Gasteiger partial charge in [-0.1, -0.05) is 24.3 Å². The van der Waals surface area contributed by atoms with E-state index in [2.05, 4.69) is 26.7 Å². The normalized spacial score (nSPS) is 23.6. The lowest BCUT2D eigenvalue weighted by atomic mass is 9.89. The number of aromatic nitrogens is 2. The van der Waals surface area contributed by atoms with Crippen molar-refractivity contribution in [1.29, 1.82) is 0 Å². The Morgan fingerprint density at radius 1 is 1.45 bits per heavy atom. The summed E-state index contributed by atoms with van der Waals surface area (Å²) in [5.74, 6) is 0. The number of imidazole rings is 1. The minimum absolute atomic E-state index is 0.0517. The Labute approximate surface area is 117 Å². The van der Waals surface area contributed by atoms with Gasteiger partial charge in [0.05, 0.1) is 30.4 Å². The summed E-state index contributed by atoms with van der Waals surface area (Å²) in [7, 11) is 1.78. The maximum atomic E-state index is 10.9. The fraction of sp³-hybridized carbons (Fsp3) is 0.375. The highest BCUT2D eigenvalue weighted by atomic mass is 16.3. The summed E-state index contributed by atoms with van der Waals surface area (Å²) in [5.41, 5.74) is 3.30. The molecule has 20 heavy (non-hydrogen) atoms. The molecule has 1 aromatic heterocycles. The number of fused-ring (bicyclic) bond motifs is 3. The maximum absolute atomic E-state index is 10.9. The first-order valence-electron chi connectivity index (χ1n) is 6.99. The molecule has 0 radical (unpaired) electrons. The van der Waals surface area contributed by atoms with E-state index in [0.29, 0.717) is 0 Å². The van der Waals surface area contributed by atoms with Crippen LogP contribution in [0.25, 0.3) is 11.3 Å². The first-order chi connectivity index (χ1) is 9.77. The average molecular weight is 267 g/mol. The highest BCUT2D eigenvalue weighted by molar-refractivity contribution is 5.73. The zero-order valence-corrected chi connectivity index (χ0v) is 11.4. The van der Waals surface area contributed by atoms with E-state index in [0.717, 1.165) is 18.5 Å². The molecule has 2 aliphatic rings. The molecule has 0 saturated heterocycles. The second-order valence-corrected chi connectivity index (χ2v) is 5.78. The third kappa shape index (κ3) is 1.45. The van der Waals surface area contributed by atoms with Gasteiger partial charge in [-0.05, 0) is 18.4 Å². The van der Waals surface area contributed by atoms with Crippen LogP contribution in [0.15, 0.2) is 41.8 Å². The van der Waals surface area contributed by atoms with Gasteiger partial charge in [0, 0.05) is 24.2 Å². The van der Waals surface area contributed by atoms with E-state index in [9.17, 15) is 5.11 Å². The van der Waals surface area contributed by atoms with Crippen LogP contribution in [0.1, 0.15) is 24.4 Å². The maximum Gasteiger partial charge on any atom is 0.0957 e. The van der Waals surface area contributed by atoms with Crippen LogP contribution in [0.2, 0.25) is 0 Å². The Balaban J connectivity index is 1.83. The van der Waals surface area contributed by atoms with Crippen molar-refractivity contribution >= 4 is 6.21 Å². The van der Waals surface area contributed by atoms with Gasteiger partial charge in [0.1, 0.15) is 0 Å². The smallest absolute Gasteiger partial charge is 0.0957 e. The van der Waals surface area contributed by atoms with E-state index in [-0.39, 0.29) is 11.5 Å². The largest absolute Gasteiger partial charge is 0.390 e. The molecule has 1 aromatic carbocycles. The SMILES string of the molecule is CN=CC1(C(O)C2c3ccccc3-c3cncn32)CC1. The van der Waals surface area contributed by atoms with Gasteiger partial charge in [-0.3, -0.25) is 0 Å². The molecule has 4 rings (SSSR count). The van der Waals surface area contributed by atoms with Gasteiger partial charge in [-0.25, -0.2) is 4.98 Å². The lowest BCUT2D eigenvalue weighted by Crippen LogP contribution is -2.32. The van der Waals surface area contributed by atoms with E-state index in [4.69, 9.17) is 0 Å². The molecule has 0 bridgehead atoms. The number of hydrogen-bond acceptors (Lipinski definition) is 3. The van der Waals surface area contributed by atoms with Gasteiger partial charge in [-0.15, -0.1) is 0 Å². The van der Waals surface area contributed by atoms with Crippen LogP contribution in [-0.4, -0.2) is 34.0 Å². The molecule has 2 aromatic rings. The predicted molar refractivity (Wildman–Crippen MR) is 77.9 cm³/mol. The van der Waals surface area contributed by atoms with Gasteiger partial charge >= 0.3 is 0 Å². The molecule has 1 fully saturated rings. The van der Waals surface area contributed by atoms with E-state index in [1.54, 1.807) is 7.05 Å². The van der Waals surface area contributed by atoms with Crippen molar-refractivity contribution < 1.29 is 5.11 Å². The van der Waals surface area contributed by atoms with Crippen LogP contribution in [0, 0.1) is 5.41 Å². The molecular weight excluding hydrogens is 250 g/mol. The lowest BCUT2D eigenvalue weighted by molar-refractivity contribution is 0.0910. The minimum atomic E-state index is -0.456. The summed E-state index contributed by atoms with van der Waals surface area (Å²) in [5, 5.41) is 10.9. The zero-order valence-electron chi connectivity index (χ0n) is 11.4. The average Bonchev–Trinajstić information content (AvgIpc) is 2.97. The fourth-order valence-electron chi connectivity index (χ4n) is 3.41. The van der Waals surface area contributed by atoms with E-state index >= 15 is 0 Å². The first-order valence-corrected chi connectivity index (χ1v) is 6.99. The van der Waals surface area contributed by atoms with Crippen molar-refractivity contribution in [2.75, 3.05) is 7.05 Å². The number of aliphatic hydroxyl groups excluding tert-OH is 1. The molecule has 1 aliphatic carbocycles. The van der Waals surface area contributed by atoms with Crippen molar-refractivity contribution in [2.24, 2.45) is 10.4 Å². The quantitative estimate of drug-likeness (QED) is 0.867. The summed E-state index contributed by atoms with van der Waals surface area (Å²) in [4.78, 5) is 8.39. The Bertz CT molecular complexity index is 685. The number of nitrogens with zero attached hydrogens (tertiary/aromatic N) is 3. The molecule has 0 spiro atoms. The second-order valence-electron chi connectivity index (χ2n) is 5.78. The molecule has 102 valence electrons. The molecule has 1 aliphatic heterocycles. The number of rotatable bonds is 3. The first kappa shape index (κ1) is 11.9. The van der Waals surface area contributed by atoms with Crippen LogP contribution < -0.4 is 0 Å². The molecular formula is C16H17N3O. The van der Waals surface area contributed by atoms with Crippen LogP contribution in [-0.2, 0) is 0 Å². The van der Waals surface area contributed by atoms with Crippen molar-refractivity contribution in [3.63, 3.8) is 0 Å². The van der Waals surface area contributed by atoms with Crippen LogP contribution in [0.4, 0.5) is 0 Å². The summed E-state index contributed by atoms with van der Waals surface area (Å²) < 4.78 is 2.10. The van der Waals surface area contributed by atoms with Crippen LogP contribution in [0.5, 0.6) is 0 Å². The van der Waals surface area contributed by atoms with E-state index in [1.807, 2.05) is 30.9 Å². The molecule has 2 unspecified atom stereocenters.